The first-order chi connectivity index (χ1) is 17.1. The van der Waals surface area contributed by atoms with Crippen LogP contribution in [0.3, 0.4) is 0 Å². The molecule has 0 radical (unpaired) electrons. The summed E-state index contributed by atoms with van der Waals surface area (Å²) in [5, 5.41) is 7.14. The van der Waals surface area contributed by atoms with Gasteiger partial charge in [-0.05, 0) is 66.6 Å². The van der Waals surface area contributed by atoms with Crippen LogP contribution in [0.4, 0.5) is 14.6 Å². The van der Waals surface area contributed by atoms with Crippen LogP contribution in [0.1, 0.15) is 21.7 Å². The van der Waals surface area contributed by atoms with Gasteiger partial charge in [0.25, 0.3) is 5.91 Å². The third-order valence-electron chi connectivity index (χ3n) is 5.77. The number of halogens is 2. The molecule has 3 aromatic heterocycles. The molecule has 5 rings (SSSR count). The van der Waals surface area contributed by atoms with Gasteiger partial charge in [0, 0.05) is 40.0 Å². The molecule has 1 aliphatic carbocycles. The number of anilines is 1. The molecule has 4 aromatic rings. The summed E-state index contributed by atoms with van der Waals surface area (Å²) in [7, 11) is 0. The van der Waals surface area contributed by atoms with E-state index in [9.17, 15) is 13.6 Å². The van der Waals surface area contributed by atoms with E-state index in [2.05, 4.69) is 44.9 Å². The number of pyridine rings is 2. The van der Waals surface area contributed by atoms with Crippen molar-refractivity contribution in [3.05, 3.63) is 101 Å². The lowest BCUT2D eigenvalue weighted by atomic mass is 9.99. The number of nitrogens with one attached hydrogen (secondary N) is 2. The number of allylic oxidation sites excluding steroid dienone is 3. The molecule has 1 aliphatic rings. The van der Waals surface area contributed by atoms with Gasteiger partial charge in [0.05, 0.1) is 17.6 Å². The first-order valence-electron chi connectivity index (χ1n) is 11.2. The van der Waals surface area contributed by atoms with Gasteiger partial charge in [-0.2, -0.15) is 0 Å². The molecule has 3 heterocycles. The molecule has 0 aliphatic heterocycles. The lowest BCUT2D eigenvalue weighted by Gasteiger charge is -2.16. The maximum atomic E-state index is 13.5. The summed E-state index contributed by atoms with van der Waals surface area (Å²) in [6.45, 7) is 0.720. The van der Waals surface area contributed by atoms with Crippen LogP contribution in [0.15, 0.2) is 90.8 Å². The van der Waals surface area contributed by atoms with E-state index in [-0.39, 0.29) is 18.4 Å². The Kier molecular flexibility index (Phi) is 6.63. The molecule has 8 heteroatoms. The average molecular weight is 489 g/mol. The molecule has 0 spiro atoms. The van der Waals surface area contributed by atoms with E-state index < -0.39 is 11.7 Å². The number of fused-ring (bicyclic) bond motifs is 1. The Balaban J connectivity index is 1.23. The monoisotopic (exact) mass is 488 g/mol. The van der Waals surface area contributed by atoms with Crippen molar-refractivity contribution < 1.29 is 13.6 Å². The van der Waals surface area contributed by atoms with Crippen molar-refractivity contribution in [2.45, 2.75) is 13.0 Å². The van der Waals surface area contributed by atoms with E-state index in [0.29, 0.717) is 24.3 Å². The Bertz CT molecular complexity index is 1450. The smallest absolute Gasteiger partial charge is 0.255 e. The maximum Gasteiger partial charge on any atom is 0.255 e. The van der Waals surface area contributed by atoms with Gasteiger partial charge in [0.2, 0.25) is 0 Å². The molecular weight excluding hydrogens is 466 g/mol. The number of carbonyl (C=O) groups excluding carboxylic acids is 1. The highest BCUT2D eigenvalue weighted by Crippen LogP contribution is 2.31. The Hall–Kier alpha value is -3.91. The fourth-order valence-electron chi connectivity index (χ4n) is 3.93. The molecule has 5 nitrogen and oxygen atoms in total. The van der Waals surface area contributed by atoms with E-state index in [1.54, 1.807) is 35.9 Å². The SMILES string of the molecule is O=C(NCC1C=C(F)C(F)=CC1)c1cccnc1NCc1ccc(-c2ccc3ncccc3c2)s1. The second-order valence-corrected chi connectivity index (χ2v) is 9.37. The Labute approximate surface area is 205 Å². The van der Waals surface area contributed by atoms with Crippen molar-refractivity contribution in [1.29, 1.82) is 0 Å². The third-order valence-corrected chi connectivity index (χ3v) is 6.90. The highest BCUT2D eigenvalue weighted by Gasteiger charge is 2.18. The number of thiophene rings is 1. The molecule has 0 saturated heterocycles. The largest absolute Gasteiger partial charge is 0.365 e. The number of carbonyl (C=O) groups is 1. The fourth-order valence-corrected chi connectivity index (χ4v) is 4.87. The molecule has 2 N–H and O–H groups in total. The second kappa shape index (κ2) is 10.1. The Morgan fingerprint density at radius 1 is 1.03 bits per heavy atom. The fraction of sp³-hybridized carbons (Fsp3) is 0.148. The quantitative estimate of drug-likeness (QED) is 0.315. The molecule has 1 amide bonds. The van der Waals surface area contributed by atoms with Gasteiger partial charge >= 0.3 is 0 Å². The van der Waals surface area contributed by atoms with Crippen LogP contribution in [-0.2, 0) is 6.54 Å². The molecule has 0 saturated carbocycles. The topological polar surface area (TPSA) is 66.9 Å². The molecule has 1 aromatic carbocycles. The van der Waals surface area contributed by atoms with Crippen molar-refractivity contribution in [3.8, 4) is 10.4 Å². The third kappa shape index (κ3) is 5.27. The summed E-state index contributed by atoms with van der Waals surface area (Å²) in [6, 6.07) is 17.7. The zero-order chi connectivity index (χ0) is 24.2. The lowest BCUT2D eigenvalue weighted by Crippen LogP contribution is -2.30. The van der Waals surface area contributed by atoms with Crippen molar-refractivity contribution in [3.63, 3.8) is 0 Å². The highest BCUT2D eigenvalue weighted by atomic mass is 32.1. The van der Waals surface area contributed by atoms with E-state index in [1.165, 1.54) is 12.2 Å². The zero-order valence-electron chi connectivity index (χ0n) is 18.7. The van der Waals surface area contributed by atoms with E-state index in [0.717, 1.165) is 26.2 Å². The van der Waals surface area contributed by atoms with Gasteiger partial charge < -0.3 is 10.6 Å². The Morgan fingerprint density at radius 3 is 2.77 bits per heavy atom. The van der Waals surface area contributed by atoms with E-state index in [4.69, 9.17) is 0 Å². The Morgan fingerprint density at radius 2 is 1.89 bits per heavy atom. The van der Waals surface area contributed by atoms with Crippen molar-refractivity contribution in [2.24, 2.45) is 5.92 Å². The first-order valence-corrected chi connectivity index (χ1v) is 12.0. The number of hydrogen-bond acceptors (Lipinski definition) is 5. The minimum atomic E-state index is -0.880. The summed E-state index contributed by atoms with van der Waals surface area (Å²) in [5.74, 6) is -1.87. The van der Waals surface area contributed by atoms with Gasteiger partial charge in [0.1, 0.15) is 5.82 Å². The predicted octanol–water partition coefficient (Wildman–Crippen LogP) is 6.43. The van der Waals surface area contributed by atoms with Gasteiger partial charge in [-0.25, -0.2) is 13.8 Å². The molecular formula is C27H22F2N4OS. The minimum Gasteiger partial charge on any atom is -0.365 e. The van der Waals surface area contributed by atoms with Crippen molar-refractivity contribution >= 4 is 34.0 Å². The number of rotatable bonds is 7. The van der Waals surface area contributed by atoms with Gasteiger partial charge in [-0.1, -0.05) is 12.1 Å². The lowest BCUT2D eigenvalue weighted by molar-refractivity contribution is 0.0950. The van der Waals surface area contributed by atoms with Crippen LogP contribution in [0.2, 0.25) is 0 Å². The normalized spacial score (nSPS) is 15.4. The molecule has 1 atom stereocenters. The molecule has 176 valence electrons. The first kappa shape index (κ1) is 22.9. The van der Waals surface area contributed by atoms with Crippen LogP contribution in [0.25, 0.3) is 21.3 Å². The number of amides is 1. The van der Waals surface area contributed by atoms with Crippen LogP contribution >= 0.6 is 11.3 Å². The van der Waals surface area contributed by atoms with Crippen LogP contribution in [-0.4, -0.2) is 22.4 Å². The van der Waals surface area contributed by atoms with Gasteiger partial charge in [0.15, 0.2) is 11.7 Å². The summed E-state index contributed by atoms with van der Waals surface area (Å²) in [5.41, 5.74) is 2.49. The summed E-state index contributed by atoms with van der Waals surface area (Å²) < 4.78 is 26.6. The molecule has 35 heavy (non-hydrogen) atoms. The van der Waals surface area contributed by atoms with Crippen molar-refractivity contribution in [1.82, 2.24) is 15.3 Å². The molecule has 1 unspecified atom stereocenters. The van der Waals surface area contributed by atoms with Crippen LogP contribution in [0.5, 0.6) is 0 Å². The van der Waals surface area contributed by atoms with E-state index in [1.807, 2.05) is 18.2 Å². The summed E-state index contributed by atoms with van der Waals surface area (Å²) in [4.78, 5) is 23.7. The summed E-state index contributed by atoms with van der Waals surface area (Å²) >= 11 is 1.67. The van der Waals surface area contributed by atoms with Gasteiger partial charge in [-0.15, -0.1) is 11.3 Å². The average Bonchev–Trinajstić information content (AvgIpc) is 3.37. The number of nitrogens with zero attached hydrogens (tertiary/aromatic N) is 2. The zero-order valence-corrected chi connectivity index (χ0v) is 19.5. The van der Waals surface area contributed by atoms with Crippen LogP contribution < -0.4 is 10.6 Å². The number of aromatic nitrogens is 2. The van der Waals surface area contributed by atoms with Crippen LogP contribution in [0, 0.1) is 5.92 Å². The maximum absolute atomic E-state index is 13.5. The molecule has 0 fully saturated rings. The molecule has 0 bridgehead atoms. The minimum absolute atomic E-state index is 0.208. The highest BCUT2D eigenvalue weighted by molar-refractivity contribution is 7.15. The second-order valence-electron chi connectivity index (χ2n) is 8.20. The number of benzene rings is 1. The standard InChI is InChI=1S/C27H22F2N4OS/c28-22-8-5-17(13-23(22)29)15-33-27(34)21-4-2-12-31-26(21)32-16-20-7-10-25(35-20)19-6-9-24-18(14-19)3-1-11-30-24/h1-4,6-14,17H,5,15-16H2,(H,31,32)(H,33,34). The number of hydrogen-bond donors (Lipinski definition) is 2. The van der Waals surface area contributed by atoms with Gasteiger partial charge in [-0.3, -0.25) is 9.78 Å². The van der Waals surface area contributed by atoms with Crippen molar-refractivity contribution in [2.75, 3.05) is 11.9 Å². The predicted molar refractivity (Wildman–Crippen MR) is 135 cm³/mol. The van der Waals surface area contributed by atoms with E-state index >= 15 is 0 Å². The summed E-state index contributed by atoms with van der Waals surface area (Å²) in [6.07, 6.45) is 6.15.